The van der Waals surface area contributed by atoms with Crippen molar-refractivity contribution in [3.05, 3.63) is 71.2 Å². The molecule has 1 amide bonds. The van der Waals surface area contributed by atoms with Gasteiger partial charge in [-0.1, -0.05) is 24.3 Å². The molecule has 3 aromatic rings. The Labute approximate surface area is 173 Å². The zero-order chi connectivity index (χ0) is 19.8. The van der Waals surface area contributed by atoms with Crippen LogP contribution in [0.4, 0.5) is 10.2 Å². The third-order valence-corrected chi connectivity index (χ3v) is 3.86. The normalized spacial score (nSPS) is 10.2. The maximum Gasteiger partial charge on any atom is 0.277 e. The summed E-state index contributed by atoms with van der Waals surface area (Å²) in [5.74, 6) is -0.0141. The van der Waals surface area contributed by atoms with Gasteiger partial charge >= 0.3 is 0 Å². The maximum atomic E-state index is 12.9. The molecule has 8 nitrogen and oxygen atoms in total. The highest BCUT2D eigenvalue weighted by Gasteiger charge is 2.14. The van der Waals surface area contributed by atoms with E-state index in [0.29, 0.717) is 26.2 Å². The first-order valence-electron chi connectivity index (χ1n) is 8.65. The second kappa shape index (κ2) is 11.0. The zero-order valence-electron chi connectivity index (χ0n) is 15.4. The largest absolute Gasteiger partial charge is 0.489 e. The van der Waals surface area contributed by atoms with E-state index >= 15 is 0 Å². The average Bonchev–Trinajstić information content (AvgIpc) is 3.13. The highest BCUT2D eigenvalue weighted by atomic mass is 35.5. The predicted octanol–water partition coefficient (Wildman–Crippen LogP) is 2.31. The molecule has 0 fully saturated rings. The van der Waals surface area contributed by atoms with Crippen molar-refractivity contribution in [1.29, 1.82) is 0 Å². The number of anilines is 1. The van der Waals surface area contributed by atoms with E-state index in [2.05, 4.69) is 25.6 Å². The first kappa shape index (κ1) is 22.1. The fraction of sp³-hybridized carbons (Fsp3) is 0.211. The second-order valence-corrected chi connectivity index (χ2v) is 5.99. The SMILES string of the molecule is Cl.Nc1nonc1C(=O)NCCNCc1cccc(OCc2ccc(F)cc2)c1. The number of hydrogen-bond donors (Lipinski definition) is 3. The summed E-state index contributed by atoms with van der Waals surface area (Å²) < 4.78 is 23.1. The minimum atomic E-state index is -0.434. The number of ether oxygens (including phenoxy) is 1. The van der Waals surface area contributed by atoms with Gasteiger partial charge in [0, 0.05) is 19.6 Å². The van der Waals surface area contributed by atoms with Crippen molar-refractivity contribution in [3.63, 3.8) is 0 Å². The number of amides is 1. The Morgan fingerprint density at radius 1 is 1.10 bits per heavy atom. The molecule has 1 heterocycles. The van der Waals surface area contributed by atoms with Crippen molar-refractivity contribution in [1.82, 2.24) is 20.9 Å². The number of rotatable bonds is 9. The number of nitrogens with one attached hydrogen (secondary N) is 2. The quantitative estimate of drug-likeness (QED) is 0.454. The lowest BCUT2D eigenvalue weighted by molar-refractivity contribution is 0.0944. The van der Waals surface area contributed by atoms with Crippen molar-refractivity contribution in [2.75, 3.05) is 18.8 Å². The molecule has 0 aliphatic carbocycles. The molecule has 0 unspecified atom stereocenters. The Balaban J connectivity index is 0.00000300. The molecule has 0 atom stereocenters. The summed E-state index contributed by atoms with van der Waals surface area (Å²) >= 11 is 0. The molecule has 10 heteroatoms. The van der Waals surface area contributed by atoms with Crippen LogP contribution in [0.3, 0.4) is 0 Å². The van der Waals surface area contributed by atoms with Gasteiger partial charge in [-0.25, -0.2) is 9.02 Å². The van der Waals surface area contributed by atoms with Crippen LogP contribution in [0.2, 0.25) is 0 Å². The van der Waals surface area contributed by atoms with Gasteiger partial charge in [0.2, 0.25) is 11.5 Å². The Morgan fingerprint density at radius 2 is 1.90 bits per heavy atom. The molecule has 2 aromatic carbocycles. The molecule has 0 saturated carbocycles. The van der Waals surface area contributed by atoms with E-state index in [-0.39, 0.29) is 29.7 Å². The molecule has 0 radical (unpaired) electrons. The average molecular weight is 422 g/mol. The van der Waals surface area contributed by atoms with Gasteiger partial charge in [-0.15, -0.1) is 12.4 Å². The molecule has 0 saturated heterocycles. The number of benzene rings is 2. The van der Waals surface area contributed by atoms with E-state index in [1.54, 1.807) is 12.1 Å². The van der Waals surface area contributed by atoms with Crippen LogP contribution in [0, 0.1) is 5.82 Å². The molecule has 0 bridgehead atoms. The van der Waals surface area contributed by atoms with Gasteiger partial charge in [-0.05, 0) is 45.7 Å². The van der Waals surface area contributed by atoms with Crippen molar-refractivity contribution in [2.45, 2.75) is 13.2 Å². The summed E-state index contributed by atoms with van der Waals surface area (Å²) in [5, 5.41) is 12.7. The lowest BCUT2D eigenvalue weighted by atomic mass is 10.2. The highest BCUT2D eigenvalue weighted by Crippen LogP contribution is 2.15. The van der Waals surface area contributed by atoms with Crippen LogP contribution in [0.1, 0.15) is 21.6 Å². The van der Waals surface area contributed by atoms with Gasteiger partial charge in [-0.3, -0.25) is 4.79 Å². The standard InChI is InChI=1S/C19H20FN5O3.ClH/c20-15-6-4-13(5-7-15)12-27-16-3-1-2-14(10-16)11-22-8-9-23-19(26)17-18(21)25-28-24-17;/h1-7,10,22H,8-9,11-12H2,(H2,21,25)(H,23,26);1H. The third kappa shape index (κ3) is 6.74. The number of carbonyl (C=O) groups is 1. The minimum absolute atomic E-state index is 0. The number of nitrogens with zero attached hydrogens (tertiary/aromatic N) is 2. The van der Waals surface area contributed by atoms with Gasteiger partial charge in [0.15, 0.2) is 0 Å². The van der Waals surface area contributed by atoms with Gasteiger partial charge in [0.1, 0.15) is 18.2 Å². The second-order valence-electron chi connectivity index (χ2n) is 5.99. The van der Waals surface area contributed by atoms with Crippen LogP contribution >= 0.6 is 12.4 Å². The molecule has 3 rings (SSSR count). The van der Waals surface area contributed by atoms with Crippen LogP contribution < -0.4 is 21.1 Å². The number of halogens is 2. The number of nitrogens with two attached hydrogens (primary N) is 1. The van der Waals surface area contributed by atoms with Gasteiger partial charge < -0.3 is 21.1 Å². The van der Waals surface area contributed by atoms with Crippen molar-refractivity contribution in [3.8, 4) is 5.75 Å². The minimum Gasteiger partial charge on any atom is -0.489 e. The number of hydrogen-bond acceptors (Lipinski definition) is 7. The first-order valence-corrected chi connectivity index (χ1v) is 8.65. The van der Waals surface area contributed by atoms with Crippen LogP contribution in [0.15, 0.2) is 53.2 Å². The zero-order valence-corrected chi connectivity index (χ0v) is 16.2. The van der Waals surface area contributed by atoms with Crippen LogP contribution in [0.5, 0.6) is 5.75 Å². The lowest BCUT2D eigenvalue weighted by Gasteiger charge is -2.09. The van der Waals surface area contributed by atoms with Crippen LogP contribution in [-0.4, -0.2) is 29.3 Å². The summed E-state index contributed by atoms with van der Waals surface area (Å²) in [6, 6.07) is 13.9. The fourth-order valence-corrected chi connectivity index (χ4v) is 2.43. The molecule has 0 aliphatic heterocycles. The summed E-state index contributed by atoms with van der Waals surface area (Å²) in [6.07, 6.45) is 0. The van der Waals surface area contributed by atoms with E-state index in [1.165, 1.54) is 12.1 Å². The Morgan fingerprint density at radius 3 is 2.62 bits per heavy atom. The summed E-state index contributed by atoms with van der Waals surface area (Å²) in [4.78, 5) is 11.8. The molecule has 29 heavy (non-hydrogen) atoms. The van der Waals surface area contributed by atoms with E-state index < -0.39 is 5.91 Å². The molecular weight excluding hydrogens is 401 g/mol. The van der Waals surface area contributed by atoms with E-state index in [4.69, 9.17) is 10.5 Å². The van der Waals surface area contributed by atoms with Gasteiger partial charge in [0.25, 0.3) is 5.91 Å². The van der Waals surface area contributed by atoms with Crippen molar-refractivity contribution >= 4 is 24.1 Å². The molecule has 154 valence electrons. The van der Waals surface area contributed by atoms with Crippen molar-refractivity contribution < 1.29 is 18.6 Å². The van der Waals surface area contributed by atoms with E-state index in [1.807, 2.05) is 24.3 Å². The number of nitrogen functional groups attached to an aromatic ring is 1. The van der Waals surface area contributed by atoms with E-state index in [9.17, 15) is 9.18 Å². The maximum absolute atomic E-state index is 12.9. The molecular formula is C19H21ClFN5O3. The first-order chi connectivity index (χ1) is 13.6. The highest BCUT2D eigenvalue weighted by molar-refractivity contribution is 5.95. The summed E-state index contributed by atoms with van der Waals surface area (Å²) in [7, 11) is 0. The molecule has 1 aromatic heterocycles. The van der Waals surface area contributed by atoms with E-state index in [0.717, 1.165) is 16.9 Å². The Hall–Kier alpha value is -3.17. The molecule has 4 N–H and O–H groups in total. The molecule has 0 spiro atoms. The Bertz CT molecular complexity index is 920. The smallest absolute Gasteiger partial charge is 0.277 e. The summed E-state index contributed by atoms with van der Waals surface area (Å²) in [5.41, 5.74) is 7.36. The Kier molecular flexibility index (Phi) is 8.38. The van der Waals surface area contributed by atoms with Gasteiger partial charge in [-0.2, -0.15) is 0 Å². The monoisotopic (exact) mass is 421 g/mol. The lowest BCUT2D eigenvalue weighted by Crippen LogP contribution is -2.32. The van der Waals surface area contributed by atoms with Crippen LogP contribution in [-0.2, 0) is 13.2 Å². The number of aromatic nitrogens is 2. The summed E-state index contributed by atoms with van der Waals surface area (Å²) in [6.45, 7) is 1.92. The van der Waals surface area contributed by atoms with Gasteiger partial charge in [0.05, 0.1) is 0 Å². The third-order valence-electron chi connectivity index (χ3n) is 3.86. The van der Waals surface area contributed by atoms with Crippen LogP contribution in [0.25, 0.3) is 0 Å². The molecule has 0 aliphatic rings. The predicted molar refractivity (Wildman–Crippen MR) is 107 cm³/mol. The van der Waals surface area contributed by atoms with Crippen molar-refractivity contribution in [2.24, 2.45) is 0 Å². The fourth-order valence-electron chi connectivity index (χ4n) is 2.43. The number of carbonyl (C=O) groups excluding carboxylic acids is 1. The topological polar surface area (TPSA) is 115 Å².